The van der Waals surface area contributed by atoms with Crippen LogP contribution in [0.25, 0.3) is 11.1 Å². The average Bonchev–Trinajstić information content (AvgIpc) is 3.81. The number of rotatable bonds is 17. The first-order valence-electron chi connectivity index (χ1n) is 24.5. The molecular formula is C51H75N9O13. The summed E-state index contributed by atoms with van der Waals surface area (Å²) in [5.74, 6) is -3.97. The molecule has 9 amide bonds. The number of fused-ring (bicyclic) bond motifs is 5. The van der Waals surface area contributed by atoms with Gasteiger partial charge < -0.3 is 66.0 Å². The summed E-state index contributed by atoms with van der Waals surface area (Å²) in [4.78, 5) is 126. The van der Waals surface area contributed by atoms with Crippen molar-refractivity contribution in [3.63, 3.8) is 0 Å². The third-order valence-corrected chi connectivity index (χ3v) is 12.1. The summed E-state index contributed by atoms with van der Waals surface area (Å²) in [7, 11) is 5.80. The molecule has 2 heterocycles. The van der Waals surface area contributed by atoms with Crippen LogP contribution in [-0.2, 0) is 49.5 Å². The third kappa shape index (κ3) is 16.7. The van der Waals surface area contributed by atoms with Crippen LogP contribution < -0.4 is 41.8 Å². The second-order valence-electron chi connectivity index (χ2n) is 20.4. The Labute approximate surface area is 427 Å². The molecule has 0 radical (unpaired) electrons. The van der Waals surface area contributed by atoms with Crippen LogP contribution in [0.4, 0.5) is 9.59 Å². The van der Waals surface area contributed by atoms with Gasteiger partial charge in [0.25, 0.3) is 0 Å². The molecule has 0 saturated carbocycles. The van der Waals surface area contributed by atoms with E-state index in [2.05, 4.69) is 26.6 Å². The number of amides is 9. The number of likely N-dealkylation sites (N-methyl/N-ethyl adjacent to an activating group) is 1. The van der Waals surface area contributed by atoms with Gasteiger partial charge in [-0.2, -0.15) is 0 Å². The van der Waals surface area contributed by atoms with Gasteiger partial charge in [-0.3, -0.25) is 33.6 Å². The van der Waals surface area contributed by atoms with Crippen LogP contribution in [0.1, 0.15) is 111 Å². The van der Waals surface area contributed by atoms with E-state index in [0.29, 0.717) is 59.4 Å². The number of nitrogens with one attached hydrogen (secondary N) is 5. The Morgan fingerprint density at radius 2 is 1.48 bits per heavy atom. The summed E-state index contributed by atoms with van der Waals surface area (Å²) in [6.07, 6.45) is 0.182. The first-order chi connectivity index (χ1) is 34.1. The lowest BCUT2D eigenvalue weighted by Crippen LogP contribution is -2.58. The molecule has 7 N–H and O–H groups in total. The zero-order valence-corrected chi connectivity index (χ0v) is 44.2. The average molecular weight is 1020 g/mol. The minimum absolute atomic E-state index is 0.0444. The van der Waals surface area contributed by atoms with Gasteiger partial charge in [-0.05, 0) is 123 Å². The van der Waals surface area contributed by atoms with Crippen LogP contribution in [0.15, 0.2) is 36.4 Å². The van der Waals surface area contributed by atoms with E-state index in [0.717, 1.165) is 0 Å². The van der Waals surface area contributed by atoms with Crippen molar-refractivity contribution >= 4 is 53.5 Å². The summed E-state index contributed by atoms with van der Waals surface area (Å²) < 4.78 is 22.3. The Balaban J connectivity index is 1.72. The number of nitrogens with zero attached hydrogens (tertiary/aromatic N) is 3. The van der Waals surface area contributed by atoms with Crippen LogP contribution in [0.5, 0.6) is 11.5 Å². The van der Waals surface area contributed by atoms with E-state index in [1.165, 1.54) is 56.9 Å². The van der Waals surface area contributed by atoms with Gasteiger partial charge in [0.05, 0.1) is 14.2 Å². The van der Waals surface area contributed by atoms with Crippen molar-refractivity contribution in [3.05, 3.63) is 47.5 Å². The van der Waals surface area contributed by atoms with Gasteiger partial charge in [0.15, 0.2) is 0 Å². The summed E-state index contributed by atoms with van der Waals surface area (Å²) in [5, 5.41) is 13.6. The van der Waals surface area contributed by atoms with Crippen molar-refractivity contribution in [3.8, 4) is 22.6 Å². The molecule has 73 heavy (non-hydrogen) atoms. The lowest BCUT2D eigenvalue weighted by atomic mass is 9.93. The number of ether oxygens (including phenoxy) is 4. The predicted octanol–water partition coefficient (Wildman–Crippen LogP) is 2.83. The van der Waals surface area contributed by atoms with Crippen LogP contribution in [0, 0.1) is 0 Å². The standard InChI is InChI=1S/C51H75N9O13/c1-29-43(63)57-36(44(64)55-30(2)46(66)60-24-15-17-37(60)42(52)62)27-31-18-20-38(70-11)33(26-31)34-28-32(19-21-39(34)71-12)41(45(65)54-29)59(10)47(67)35(16-13-14-23-53-48(68)72-50(3,4)5)56-40(61)22-25-58(9)49(69)73-51(6,7)8/h18-21,26,28-30,35-37,41H,13-17,22-25,27H2,1-12H3,(H2,52,62)(H,53,68)(H,54,65)(H,55,64)(H,56,61)(H,57,63)/t29-,30-,35-,36-,37-,41-/m0/s1. The van der Waals surface area contributed by atoms with E-state index in [9.17, 15) is 43.2 Å². The van der Waals surface area contributed by atoms with E-state index < -0.39 is 101 Å². The smallest absolute Gasteiger partial charge is 0.410 e. The third-order valence-electron chi connectivity index (χ3n) is 12.1. The molecule has 4 rings (SSSR count). The second kappa shape index (κ2) is 25.5. The van der Waals surface area contributed by atoms with E-state index >= 15 is 0 Å². The molecule has 0 aliphatic carbocycles. The van der Waals surface area contributed by atoms with Gasteiger partial charge in [-0.15, -0.1) is 0 Å². The summed E-state index contributed by atoms with van der Waals surface area (Å²) >= 11 is 0. The van der Waals surface area contributed by atoms with Crippen molar-refractivity contribution in [2.75, 3.05) is 47.9 Å². The maximum atomic E-state index is 14.9. The molecular weight excluding hydrogens is 947 g/mol. The Morgan fingerprint density at radius 3 is 2.10 bits per heavy atom. The molecule has 6 atom stereocenters. The maximum Gasteiger partial charge on any atom is 0.410 e. The van der Waals surface area contributed by atoms with E-state index in [1.807, 2.05) is 0 Å². The Bertz CT molecular complexity index is 2360. The highest BCUT2D eigenvalue weighted by molar-refractivity contribution is 5.98. The van der Waals surface area contributed by atoms with Gasteiger partial charge in [-0.1, -0.05) is 12.1 Å². The van der Waals surface area contributed by atoms with Gasteiger partial charge in [-0.25, -0.2) is 9.59 Å². The molecule has 1 saturated heterocycles. The SMILES string of the molecule is COc1ccc2cc1-c1cc(ccc1OC)[C@H](N(C)C(=O)[C@H](CCCCNC(=O)OC(C)(C)C)NC(=O)CCN(C)C(=O)OC(C)(C)C)C(=O)N[C@@H](C)C(=O)N[C@H](C(=O)N[C@@H](C)C(=O)N1CCC[C@H]1C(N)=O)C2. The molecule has 22 heteroatoms. The van der Waals surface area contributed by atoms with Crippen LogP contribution in [0.2, 0.25) is 0 Å². The molecule has 0 aromatic heterocycles. The maximum absolute atomic E-state index is 14.9. The van der Waals surface area contributed by atoms with Gasteiger partial charge in [0, 0.05) is 57.7 Å². The van der Waals surface area contributed by atoms with Crippen molar-refractivity contribution in [2.24, 2.45) is 5.73 Å². The summed E-state index contributed by atoms with van der Waals surface area (Å²) in [5.41, 5.74) is 5.83. The van der Waals surface area contributed by atoms with Crippen LogP contribution in [0.3, 0.4) is 0 Å². The van der Waals surface area contributed by atoms with Crippen molar-refractivity contribution in [1.29, 1.82) is 0 Å². The zero-order valence-electron chi connectivity index (χ0n) is 44.2. The number of carbonyl (C=O) groups is 9. The highest BCUT2D eigenvalue weighted by Crippen LogP contribution is 2.40. The van der Waals surface area contributed by atoms with E-state index in [-0.39, 0.29) is 38.9 Å². The first-order valence-corrected chi connectivity index (χ1v) is 24.5. The molecule has 4 bridgehead atoms. The molecule has 2 aliphatic rings. The fourth-order valence-corrected chi connectivity index (χ4v) is 8.38. The minimum Gasteiger partial charge on any atom is -0.496 e. The number of primary amides is 1. The first kappa shape index (κ1) is 58.4. The Hall–Kier alpha value is -7.13. The Kier molecular flexibility index (Phi) is 20.4. The molecule has 1 fully saturated rings. The second-order valence-corrected chi connectivity index (χ2v) is 20.4. The number of alkyl carbamates (subject to hydrolysis) is 1. The number of methoxy groups -OCH3 is 2. The van der Waals surface area contributed by atoms with Gasteiger partial charge >= 0.3 is 12.2 Å². The number of hydrogen-bond acceptors (Lipinski definition) is 13. The monoisotopic (exact) mass is 1020 g/mol. The molecule has 0 unspecified atom stereocenters. The number of hydrogen-bond donors (Lipinski definition) is 6. The number of benzene rings is 2. The lowest BCUT2D eigenvalue weighted by molar-refractivity contribution is -0.143. The Morgan fingerprint density at radius 1 is 0.849 bits per heavy atom. The van der Waals surface area contributed by atoms with Crippen LogP contribution >= 0.6 is 0 Å². The van der Waals surface area contributed by atoms with E-state index in [4.69, 9.17) is 24.7 Å². The number of likely N-dealkylation sites (tertiary alicyclic amines) is 1. The fourth-order valence-electron chi connectivity index (χ4n) is 8.38. The topological polar surface area (TPSA) is 286 Å². The molecule has 2 aromatic rings. The van der Waals surface area contributed by atoms with Gasteiger partial charge in [0.2, 0.25) is 41.4 Å². The largest absolute Gasteiger partial charge is 0.496 e. The number of unbranched alkanes of at least 4 members (excludes halogenated alkanes) is 1. The van der Waals surface area contributed by atoms with Crippen molar-refractivity contribution in [1.82, 2.24) is 41.3 Å². The molecule has 22 nitrogen and oxygen atoms in total. The normalized spacial score (nSPS) is 18.8. The molecule has 2 aliphatic heterocycles. The lowest BCUT2D eigenvalue weighted by Gasteiger charge is -2.33. The molecule has 0 spiro atoms. The van der Waals surface area contributed by atoms with E-state index in [1.54, 1.807) is 77.9 Å². The fraction of sp³-hybridized carbons (Fsp3) is 0.588. The minimum atomic E-state index is -1.45. The number of nitrogens with two attached hydrogens (primary N) is 1. The highest BCUT2D eigenvalue weighted by atomic mass is 16.6. The number of carbonyl (C=O) groups excluding carboxylic acids is 9. The van der Waals surface area contributed by atoms with Gasteiger partial charge in [0.1, 0.15) is 59.0 Å². The zero-order chi connectivity index (χ0) is 54.5. The van der Waals surface area contributed by atoms with Crippen LogP contribution in [-0.4, -0.2) is 158 Å². The highest BCUT2D eigenvalue weighted by Gasteiger charge is 2.38. The van der Waals surface area contributed by atoms with Crippen molar-refractivity contribution < 1.29 is 62.1 Å². The quantitative estimate of drug-likeness (QED) is 0.125. The predicted molar refractivity (Wildman–Crippen MR) is 269 cm³/mol. The summed E-state index contributed by atoms with van der Waals surface area (Å²) in [6.45, 7) is 13.7. The summed E-state index contributed by atoms with van der Waals surface area (Å²) in [6, 6.07) is 2.82. The van der Waals surface area contributed by atoms with Crippen molar-refractivity contribution in [2.45, 2.75) is 148 Å². The molecule has 2 aromatic carbocycles. The molecule has 402 valence electrons.